The maximum atomic E-state index is 13.1. The Morgan fingerprint density at radius 3 is 2.46 bits per heavy atom. The van der Waals surface area contributed by atoms with Gasteiger partial charge in [0.1, 0.15) is 11.3 Å². The van der Waals surface area contributed by atoms with Gasteiger partial charge in [0, 0.05) is 12.1 Å². The van der Waals surface area contributed by atoms with Crippen LogP contribution in [-0.4, -0.2) is 68.8 Å². The summed E-state index contributed by atoms with van der Waals surface area (Å²) in [5.41, 5.74) is 1.36. The second-order valence-electron chi connectivity index (χ2n) is 8.17. The van der Waals surface area contributed by atoms with E-state index >= 15 is 0 Å². The summed E-state index contributed by atoms with van der Waals surface area (Å²) >= 11 is 0. The van der Waals surface area contributed by atoms with Crippen LogP contribution < -0.4 is 10.1 Å². The highest BCUT2D eigenvalue weighted by Gasteiger charge is 2.31. The molecule has 0 aliphatic rings. The van der Waals surface area contributed by atoms with Gasteiger partial charge >= 0.3 is 12.1 Å². The molecule has 1 N–H and O–H groups in total. The Balaban J connectivity index is 1.73. The molecule has 12 heteroatoms. The topological polar surface area (TPSA) is 145 Å². The minimum atomic E-state index is -3.75. The van der Waals surface area contributed by atoms with Gasteiger partial charge in [-0.05, 0) is 24.6 Å². The first-order valence-corrected chi connectivity index (χ1v) is 13.4. The second-order valence-corrected chi connectivity index (χ2v) is 10.4. The number of sulfone groups is 1. The van der Waals surface area contributed by atoms with E-state index in [1.165, 1.54) is 7.11 Å². The molecule has 3 aromatic rings. The Kier molecular flexibility index (Phi) is 9.23. The lowest BCUT2D eigenvalue weighted by atomic mass is 10.1. The van der Waals surface area contributed by atoms with E-state index in [9.17, 15) is 22.8 Å². The summed E-state index contributed by atoms with van der Waals surface area (Å²) in [6.07, 6.45) is -0.290. The number of fused-ring (bicyclic) bond motifs is 1. The van der Waals surface area contributed by atoms with E-state index in [2.05, 4.69) is 15.0 Å². The molecule has 0 spiro atoms. The molecule has 3 rings (SSSR count). The molecular formula is C25H29N3O8S. The van der Waals surface area contributed by atoms with E-state index in [1.807, 2.05) is 6.92 Å². The number of ketones is 1. The van der Waals surface area contributed by atoms with Crippen LogP contribution in [0.1, 0.15) is 36.0 Å². The van der Waals surface area contributed by atoms with E-state index in [1.54, 1.807) is 48.5 Å². The predicted molar refractivity (Wildman–Crippen MR) is 135 cm³/mol. The standard InChI is InChI=1S/C25H29N3O8S/c1-4-9-19(22(29)23-26-18-11-6-8-13-21(18)36-23)27-24(30)28(25(31)35-3)14-15-37(32,33)16-17-10-5-7-12-20(17)34-2/h5-8,10-13,19H,4,9,14-16H2,1-3H3,(H,27,30)/t19-/m0/s1. The van der Waals surface area contributed by atoms with Crippen molar-refractivity contribution in [2.75, 3.05) is 26.5 Å². The molecule has 0 saturated heterocycles. The largest absolute Gasteiger partial charge is 0.496 e. The van der Waals surface area contributed by atoms with Crippen LogP contribution in [-0.2, 0) is 20.3 Å². The zero-order valence-corrected chi connectivity index (χ0v) is 21.6. The number of methoxy groups -OCH3 is 2. The number of carbonyl (C=O) groups excluding carboxylic acids is 3. The Hall–Kier alpha value is -3.93. The molecule has 3 amide bonds. The minimum Gasteiger partial charge on any atom is -0.496 e. The number of para-hydroxylation sites is 3. The van der Waals surface area contributed by atoms with Gasteiger partial charge in [-0.3, -0.25) is 4.79 Å². The van der Waals surface area contributed by atoms with Crippen molar-refractivity contribution in [3.63, 3.8) is 0 Å². The maximum Gasteiger partial charge on any atom is 0.417 e. The van der Waals surface area contributed by atoms with Gasteiger partial charge in [-0.25, -0.2) is 27.9 Å². The number of carbonyl (C=O) groups is 3. The fourth-order valence-electron chi connectivity index (χ4n) is 3.66. The molecule has 1 heterocycles. The van der Waals surface area contributed by atoms with Crippen LogP contribution in [0.25, 0.3) is 11.1 Å². The number of hydrogen-bond acceptors (Lipinski definition) is 9. The van der Waals surface area contributed by atoms with Gasteiger partial charge in [-0.1, -0.05) is 43.7 Å². The first-order valence-electron chi connectivity index (χ1n) is 11.6. The molecule has 0 aliphatic heterocycles. The fourth-order valence-corrected chi connectivity index (χ4v) is 4.98. The van der Waals surface area contributed by atoms with Crippen molar-refractivity contribution in [1.82, 2.24) is 15.2 Å². The number of Topliss-reactive ketones (excluding diaryl/α,β-unsaturated/α-hetero) is 1. The molecule has 0 bridgehead atoms. The van der Waals surface area contributed by atoms with Crippen LogP contribution >= 0.6 is 0 Å². The molecule has 1 atom stereocenters. The number of oxazole rings is 1. The average molecular weight is 532 g/mol. The lowest BCUT2D eigenvalue weighted by molar-refractivity contribution is 0.0896. The Bertz CT molecular complexity index is 1340. The molecule has 2 aromatic carbocycles. The lowest BCUT2D eigenvalue weighted by Crippen LogP contribution is -2.51. The fraction of sp³-hybridized carbons (Fsp3) is 0.360. The summed E-state index contributed by atoms with van der Waals surface area (Å²) in [7, 11) is -1.25. The highest BCUT2D eigenvalue weighted by atomic mass is 32.2. The summed E-state index contributed by atoms with van der Waals surface area (Å²) in [6, 6.07) is 11.5. The van der Waals surface area contributed by atoms with E-state index in [4.69, 9.17) is 9.15 Å². The van der Waals surface area contributed by atoms with Gasteiger partial charge in [0.2, 0.25) is 5.78 Å². The summed E-state index contributed by atoms with van der Waals surface area (Å²) < 4.78 is 40.9. The zero-order chi connectivity index (χ0) is 27.0. The number of ether oxygens (including phenoxy) is 2. The van der Waals surface area contributed by atoms with Crippen LogP contribution in [0.3, 0.4) is 0 Å². The first-order chi connectivity index (χ1) is 17.7. The third kappa shape index (κ3) is 7.06. The summed E-state index contributed by atoms with van der Waals surface area (Å²) in [6.45, 7) is 1.34. The van der Waals surface area contributed by atoms with Crippen molar-refractivity contribution in [2.24, 2.45) is 0 Å². The summed E-state index contributed by atoms with van der Waals surface area (Å²) in [4.78, 5) is 43.2. The molecule has 0 aliphatic carbocycles. The number of aromatic nitrogens is 1. The monoisotopic (exact) mass is 531 g/mol. The highest BCUT2D eigenvalue weighted by Crippen LogP contribution is 2.21. The molecule has 11 nitrogen and oxygen atoms in total. The number of benzene rings is 2. The molecule has 1 aromatic heterocycles. The van der Waals surface area contributed by atoms with Crippen LogP contribution in [0.15, 0.2) is 52.9 Å². The van der Waals surface area contributed by atoms with Crippen LogP contribution in [0.5, 0.6) is 5.75 Å². The van der Waals surface area contributed by atoms with Gasteiger partial charge in [-0.2, -0.15) is 0 Å². The number of nitrogens with zero attached hydrogens (tertiary/aromatic N) is 2. The van der Waals surface area contributed by atoms with Crippen molar-refractivity contribution in [3.05, 3.63) is 60.0 Å². The van der Waals surface area contributed by atoms with Gasteiger partial charge in [0.25, 0.3) is 5.89 Å². The predicted octanol–water partition coefficient (Wildman–Crippen LogP) is 3.58. The number of nitrogens with one attached hydrogen (secondary N) is 1. The van der Waals surface area contributed by atoms with E-state index in [-0.39, 0.29) is 18.1 Å². The second kappa shape index (κ2) is 12.3. The van der Waals surface area contributed by atoms with E-state index < -0.39 is 46.1 Å². The van der Waals surface area contributed by atoms with Crippen molar-refractivity contribution in [1.29, 1.82) is 0 Å². The van der Waals surface area contributed by atoms with E-state index in [0.717, 1.165) is 7.11 Å². The third-order valence-electron chi connectivity index (χ3n) is 5.53. The van der Waals surface area contributed by atoms with Gasteiger partial charge in [0.15, 0.2) is 15.4 Å². The number of urea groups is 1. The van der Waals surface area contributed by atoms with Crippen LogP contribution in [0.2, 0.25) is 0 Å². The normalized spacial score (nSPS) is 12.1. The van der Waals surface area contributed by atoms with Crippen molar-refractivity contribution >= 4 is 38.8 Å². The first kappa shape index (κ1) is 27.7. The molecule has 0 saturated carbocycles. The van der Waals surface area contributed by atoms with Crippen molar-refractivity contribution in [2.45, 2.75) is 31.6 Å². The van der Waals surface area contributed by atoms with Crippen LogP contribution in [0, 0.1) is 0 Å². The zero-order valence-electron chi connectivity index (χ0n) is 20.8. The molecule has 37 heavy (non-hydrogen) atoms. The molecule has 0 fully saturated rings. The molecule has 198 valence electrons. The smallest absolute Gasteiger partial charge is 0.417 e. The van der Waals surface area contributed by atoms with Crippen molar-refractivity contribution in [3.8, 4) is 5.75 Å². The summed E-state index contributed by atoms with van der Waals surface area (Å²) in [5.74, 6) is -1.20. The Morgan fingerprint density at radius 2 is 1.78 bits per heavy atom. The quantitative estimate of drug-likeness (QED) is 0.367. The van der Waals surface area contributed by atoms with Gasteiger partial charge < -0.3 is 19.2 Å². The molecular weight excluding hydrogens is 502 g/mol. The van der Waals surface area contributed by atoms with Gasteiger partial charge in [-0.15, -0.1) is 0 Å². The SMILES string of the molecule is CCC[C@H](NC(=O)N(CCS(=O)(=O)Cc1ccccc1OC)C(=O)OC)C(=O)c1nc2ccccc2o1. The number of hydrogen-bond donors (Lipinski definition) is 1. The Morgan fingerprint density at radius 1 is 1.08 bits per heavy atom. The van der Waals surface area contributed by atoms with Gasteiger partial charge in [0.05, 0.1) is 31.8 Å². The molecule has 0 unspecified atom stereocenters. The minimum absolute atomic E-state index is 0.177. The lowest BCUT2D eigenvalue weighted by Gasteiger charge is -2.23. The average Bonchev–Trinajstić information content (AvgIpc) is 3.32. The molecule has 0 radical (unpaired) electrons. The van der Waals surface area contributed by atoms with Crippen molar-refractivity contribution < 1.29 is 36.7 Å². The highest BCUT2D eigenvalue weighted by molar-refractivity contribution is 7.90. The van der Waals surface area contributed by atoms with Crippen LogP contribution in [0.4, 0.5) is 9.59 Å². The van der Waals surface area contributed by atoms with E-state index in [0.29, 0.717) is 33.7 Å². The third-order valence-corrected chi connectivity index (χ3v) is 7.09. The maximum absolute atomic E-state index is 13.1. The Labute approximate surface area is 214 Å². The summed E-state index contributed by atoms with van der Waals surface area (Å²) in [5, 5.41) is 2.50. The number of imide groups is 1. The number of amides is 3. The number of rotatable bonds is 11.